The van der Waals surface area contributed by atoms with E-state index in [2.05, 4.69) is 19.2 Å². The monoisotopic (exact) mass is 411 g/mol. The number of carbonyl (C=O) groups excluding carboxylic acids is 2. The first kappa shape index (κ1) is 27.9. The highest BCUT2D eigenvalue weighted by Crippen LogP contribution is 2.13. The Morgan fingerprint density at radius 3 is 1.59 bits per heavy atom. The van der Waals surface area contributed by atoms with Gasteiger partial charge in [-0.2, -0.15) is 0 Å². The molecule has 0 aliphatic rings. The van der Waals surface area contributed by atoms with Crippen LogP contribution in [0, 0.1) is 5.92 Å². The molecule has 0 saturated heterocycles. The number of carbonyl (C=O) groups is 2. The molecule has 0 aromatic carbocycles. The van der Waals surface area contributed by atoms with Crippen LogP contribution in [0.1, 0.15) is 130 Å². The predicted molar refractivity (Wildman–Crippen MR) is 123 cm³/mol. The number of amides is 1. The minimum atomic E-state index is -0.527. The molecule has 4 nitrogen and oxygen atoms in total. The SMILES string of the molecule is CCCCCCCCCCCCCCCC(=O)NC(C(=O)OCCCC)C(C)C. The summed E-state index contributed by atoms with van der Waals surface area (Å²) in [6.45, 7) is 8.65. The maximum Gasteiger partial charge on any atom is 0.328 e. The van der Waals surface area contributed by atoms with E-state index >= 15 is 0 Å². The van der Waals surface area contributed by atoms with Crippen molar-refractivity contribution >= 4 is 11.9 Å². The van der Waals surface area contributed by atoms with E-state index in [1.165, 1.54) is 70.6 Å². The fraction of sp³-hybridized carbons (Fsp3) is 0.920. The van der Waals surface area contributed by atoms with Gasteiger partial charge in [0, 0.05) is 6.42 Å². The van der Waals surface area contributed by atoms with Crippen molar-refractivity contribution in [3.05, 3.63) is 0 Å². The summed E-state index contributed by atoms with van der Waals surface area (Å²) >= 11 is 0. The maximum absolute atomic E-state index is 12.2. The smallest absolute Gasteiger partial charge is 0.328 e. The summed E-state index contributed by atoms with van der Waals surface area (Å²) in [5.41, 5.74) is 0. The van der Waals surface area contributed by atoms with Crippen LogP contribution in [0.25, 0.3) is 0 Å². The minimum absolute atomic E-state index is 0.0285. The third kappa shape index (κ3) is 17.5. The van der Waals surface area contributed by atoms with Crippen LogP contribution in [-0.2, 0) is 14.3 Å². The van der Waals surface area contributed by atoms with E-state index in [4.69, 9.17) is 4.74 Å². The number of esters is 1. The summed E-state index contributed by atoms with van der Waals surface area (Å²) in [4.78, 5) is 24.3. The Morgan fingerprint density at radius 2 is 1.14 bits per heavy atom. The van der Waals surface area contributed by atoms with E-state index in [9.17, 15) is 9.59 Å². The Labute approximate surface area is 180 Å². The highest BCUT2D eigenvalue weighted by molar-refractivity contribution is 5.84. The second kappa shape index (κ2) is 20.2. The molecule has 0 fully saturated rings. The Kier molecular flexibility index (Phi) is 19.5. The summed E-state index contributed by atoms with van der Waals surface area (Å²) in [7, 11) is 0. The molecule has 0 rings (SSSR count). The predicted octanol–water partition coefficient (Wildman–Crippen LogP) is 6.95. The number of hydrogen-bond acceptors (Lipinski definition) is 3. The van der Waals surface area contributed by atoms with Crippen LogP contribution in [0.5, 0.6) is 0 Å². The van der Waals surface area contributed by atoms with Crippen molar-refractivity contribution in [1.82, 2.24) is 5.32 Å². The van der Waals surface area contributed by atoms with Crippen LogP contribution >= 0.6 is 0 Å². The molecule has 0 aliphatic carbocycles. The van der Waals surface area contributed by atoms with E-state index in [1.54, 1.807) is 0 Å². The maximum atomic E-state index is 12.2. The van der Waals surface area contributed by atoms with E-state index in [1.807, 2.05) is 13.8 Å². The molecule has 0 spiro atoms. The third-order valence-electron chi connectivity index (χ3n) is 5.49. The topological polar surface area (TPSA) is 55.4 Å². The lowest BCUT2D eigenvalue weighted by molar-refractivity contribution is -0.149. The lowest BCUT2D eigenvalue weighted by Crippen LogP contribution is -2.45. The van der Waals surface area contributed by atoms with E-state index in [0.717, 1.165) is 25.7 Å². The van der Waals surface area contributed by atoms with Gasteiger partial charge >= 0.3 is 5.97 Å². The molecule has 0 radical (unpaired) electrons. The van der Waals surface area contributed by atoms with Crippen molar-refractivity contribution in [3.8, 4) is 0 Å². The van der Waals surface area contributed by atoms with Gasteiger partial charge < -0.3 is 10.1 Å². The average molecular weight is 412 g/mol. The second-order valence-electron chi connectivity index (χ2n) is 8.80. The van der Waals surface area contributed by atoms with E-state index in [0.29, 0.717) is 13.0 Å². The van der Waals surface area contributed by atoms with E-state index < -0.39 is 6.04 Å². The van der Waals surface area contributed by atoms with Crippen LogP contribution in [0.15, 0.2) is 0 Å². The molecule has 0 aromatic rings. The molecule has 1 amide bonds. The van der Waals surface area contributed by atoms with Gasteiger partial charge in [0.1, 0.15) is 6.04 Å². The fourth-order valence-electron chi connectivity index (χ4n) is 3.45. The number of unbranched alkanes of at least 4 members (excludes halogenated alkanes) is 13. The molecular formula is C25H49NO3. The molecule has 1 unspecified atom stereocenters. The highest BCUT2D eigenvalue weighted by atomic mass is 16.5. The number of nitrogens with one attached hydrogen (secondary N) is 1. The highest BCUT2D eigenvalue weighted by Gasteiger charge is 2.25. The zero-order chi connectivity index (χ0) is 21.7. The van der Waals surface area contributed by atoms with E-state index in [-0.39, 0.29) is 17.8 Å². The molecule has 0 heterocycles. The van der Waals surface area contributed by atoms with Gasteiger partial charge in [-0.1, -0.05) is 111 Å². The van der Waals surface area contributed by atoms with Gasteiger partial charge in [-0.3, -0.25) is 4.79 Å². The van der Waals surface area contributed by atoms with Crippen molar-refractivity contribution in [1.29, 1.82) is 0 Å². The van der Waals surface area contributed by atoms with Crippen molar-refractivity contribution in [3.63, 3.8) is 0 Å². The summed E-state index contributed by atoms with van der Waals surface area (Å²) < 4.78 is 5.28. The quantitative estimate of drug-likeness (QED) is 0.174. The first-order chi connectivity index (χ1) is 14.0. The first-order valence-corrected chi connectivity index (χ1v) is 12.5. The molecule has 0 aliphatic heterocycles. The summed E-state index contributed by atoms with van der Waals surface area (Å²) in [6, 6.07) is -0.527. The molecule has 4 heteroatoms. The van der Waals surface area contributed by atoms with Gasteiger partial charge in [0.05, 0.1) is 6.61 Å². The van der Waals surface area contributed by atoms with Crippen LogP contribution in [0.3, 0.4) is 0 Å². The van der Waals surface area contributed by atoms with Gasteiger partial charge in [-0.15, -0.1) is 0 Å². The van der Waals surface area contributed by atoms with Crippen LogP contribution < -0.4 is 5.32 Å². The summed E-state index contributed by atoms with van der Waals surface area (Å²) in [6.07, 6.45) is 19.2. The number of hydrogen-bond donors (Lipinski definition) is 1. The molecule has 0 saturated carbocycles. The van der Waals surface area contributed by atoms with Crippen molar-refractivity contribution < 1.29 is 14.3 Å². The van der Waals surface area contributed by atoms with Crippen LogP contribution in [-0.4, -0.2) is 24.5 Å². The standard InChI is InChI=1S/C25H49NO3/c1-5-7-9-10-11-12-13-14-15-16-17-18-19-20-23(27)26-24(22(3)4)25(28)29-21-8-6-2/h22,24H,5-21H2,1-4H3,(H,26,27). The van der Waals surface area contributed by atoms with Gasteiger partial charge in [0.2, 0.25) is 5.91 Å². The fourth-order valence-corrected chi connectivity index (χ4v) is 3.45. The molecular weight excluding hydrogens is 362 g/mol. The van der Waals surface area contributed by atoms with Crippen LogP contribution in [0.4, 0.5) is 0 Å². The third-order valence-corrected chi connectivity index (χ3v) is 5.49. The zero-order valence-electron chi connectivity index (χ0n) is 19.9. The van der Waals surface area contributed by atoms with Gasteiger partial charge in [0.25, 0.3) is 0 Å². The number of rotatable bonds is 20. The minimum Gasteiger partial charge on any atom is -0.464 e. The van der Waals surface area contributed by atoms with Gasteiger partial charge in [-0.25, -0.2) is 4.79 Å². The second-order valence-corrected chi connectivity index (χ2v) is 8.80. The van der Waals surface area contributed by atoms with Crippen molar-refractivity contribution in [2.75, 3.05) is 6.61 Å². The first-order valence-electron chi connectivity index (χ1n) is 12.5. The normalized spacial score (nSPS) is 12.2. The lowest BCUT2D eigenvalue weighted by atomic mass is 10.0. The molecule has 1 atom stereocenters. The number of ether oxygens (including phenoxy) is 1. The molecule has 0 bridgehead atoms. The average Bonchev–Trinajstić information content (AvgIpc) is 2.69. The van der Waals surface area contributed by atoms with Gasteiger partial charge in [0.15, 0.2) is 0 Å². The van der Waals surface area contributed by atoms with Crippen LogP contribution in [0.2, 0.25) is 0 Å². The Bertz CT molecular complexity index is 396. The molecule has 1 N–H and O–H groups in total. The summed E-state index contributed by atoms with van der Waals surface area (Å²) in [5, 5.41) is 2.87. The Balaban J connectivity index is 3.65. The van der Waals surface area contributed by atoms with Crippen molar-refractivity contribution in [2.45, 2.75) is 136 Å². The summed E-state index contributed by atoms with van der Waals surface area (Å²) in [5.74, 6) is -0.286. The largest absolute Gasteiger partial charge is 0.464 e. The Hall–Kier alpha value is -1.06. The molecule has 172 valence electrons. The Morgan fingerprint density at radius 1 is 0.690 bits per heavy atom. The zero-order valence-corrected chi connectivity index (χ0v) is 19.9. The molecule has 29 heavy (non-hydrogen) atoms. The van der Waals surface area contributed by atoms with Crippen molar-refractivity contribution in [2.24, 2.45) is 5.92 Å². The molecule has 0 aromatic heterocycles. The lowest BCUT2D eigenvalue weighted by Gasteiger charge is -2.20. The van der Waals surface area contributed by atoms with Gasteiger partial charge in [-0.05, 0) is 18.8 Å².